The number of aliphatic hydroxyl groups excluding tert-OH is 1. The van der Waals surface area contributed by atoms with Gasteiger partial charge in [-0.3, -0.25) is 4.90 Å². The van der Waals surface area contributed by atoms with Gasteiger partial charge >= 0.3 is 0 Å². The number of rotatable bonds is 6. The van der Waals surface area contributed by atoms with Crippen molar-refractivity contribution in [3.63, 3.8) is 0 Å². The Bertz CT molecular complexity index is 521. The van der Waals surface area contributed by atoms with Gasteiger partial charge in [0.05, 0.1) is 6.10 Å². The van der Waals surface area contributed by atoms with E-state index in [9.17, 15) is 5.11 Å². The minimum absolute atomic E-state index is 0.413. The summed E-state index contributed by atoms with van der Waals surface area (Å²) >= 11 is 1.83. The summed E-state index contributed by atoms with van der Waals surface area (Å²) in [5.74, 6) is 0. The summed E-state index contributed by atoms with van der Waals surface area (Å²) in [5.41, 5.74) is 0.987. The summed E-state index contributed by atoms with van der Waals surface area (Å²) in [5, 5.41) is 10.4. The third-order valence-electron chi connectivity index (χ3n) is 3.48. The third-order valence-corrected chi connectivity index (χ3v) is 4.46. The third kappa shape index (κ3) is 4.17. The molecule has 108 valence electrons. The van der Waals surface area contributed by atoms with Gasteiger partial charge in [0.25, 0.3) is 0 Å². The van der Waals surface area contributed by atoms with Crippen LogP contribution in [0, 0.1) is 6.92 Å². The van der Waals surface area contributed by atoms with Gasteiger partial charge in [-0.2, -0.15) is 0 Å². The Morgan fingerprint density at radius 3 is 2.35 bits per heavy atom. The van der Waals surface area contributed by atoms with E-state index in [0.29, 0.717) is 12.6 Å². The second kappa shape index (κ2) is 7.02. The van der Waals surface area contributed by atoms with Crippen LogP contribution in [0.5, 0.6) is 0 Å². The van der Waals surface area contributed by atoms with Crippen molar-refractivity contribution in [2.45, 2.75) is 39.5 Å². The van der Waals surface area contributed by atoms with E-state index in [1.165, 1.54) is 9.75 Å². The number of benzene rings is 1. The highest BCUT2D eigenvalue weighted by Crippen LogP contribution is 2.21. The van der Waals surface area contributed by atoms with E-state index in [2.05, 4.69) is 37.8 Å². The van der Waals surface area contributed by atoms with Crippen molar-refractivity contribution in [3.05, 3.63) is 57.8 Å². The largest absolute Gasteiger partial charge is 0.387 e. The Balaban J connectivity index is 2.02. The molecule has 1 aromatic carbocycles. The van der Waals surface area contributed by atoms with Gasteiger partial charge in [-0.1, -0.05) is 30.3 Å². The van der Waals surface area contributed by atoms with Gasteiger partial charge in [0.15, 0.2) is 0 Å². The lowest BCUT2D eigenvalue weighted by atomic mass is 10.1. The van der Waals surface area contributed by atoms with Crippen LogP contribution in [0.4, 0.5) is 0 Å². The van der Waals surface area contributed by atoms with Crippen LogP contribution in [0.25, 0.3) is 0 Å². The Morgan fingerprint density at radius 2 is 1.80 bits per heavy atom. The molecule has 0 radical (unpaired) electrons. The zero-order chi connectivity index (χ0) is 14.5. The topological polar surface area (TPSA) is 23.5 Å². The SMILES string of the molecule is Cc1ccc(CN(C[C@@H](O)c2ccccc2)C(C)C)s1. The smallest absolute Gasteiger partial charge is 0.0917 e. The summed E-state index contributed by atoms with van der Waals surface area (Å²) in [6.45, 7) is 8.06. The van der Waals surface area contributed by atoms with Crippen molar-refractivity contribution in [3.8, 4) is 0 Å². The predicted octanol–water partition coefficient (Wildman–Crippen LogP) is 4.00. The van der Waals surface area contributed by atoms with Gasteiger partial charge in [0.1, 0.15) is 0 Å². The highest BCUT2D eigenvalue weighted by atomic mass is 32.1. The molecule has 0 saturated heterocycles. The number of hydrogen-bond acceptors (Lipinski definition) is 3. The van der Waals surface area contributed by atoms with Crippen LogP contribution in [-0.2, 0) is 6.54 Å². The Morgan fingerprint density at radius 1 is 1.10 bits per heavy atom. The predicted molar refractivity (Wildman–Crippen MR) is 86.0 cm³/mol. The second-order valence-electron chi connectivity index (χ2n) is 5.46. The summed E-state index contributed by atoms with van der Waals surface area (Å²) in [6.07, 6.45) is -0.431. The molecule has 0 bridgehead atoms. The number of aliphatic hydroxyl groups is 1. The summed E-state index contributed by atoms with van der Waals surface area (Å²) in [4.78, 5) is 5.02. The van der Waals surface area contributed by atoms with Gasteiger partial charge < -0.3 is 5.11 Å². The molecule has 0 aliphatic heterocycles. The first-order valence-corrected chi connectivity index (χ1v) is 7.90. The molecule has 3 heteroatoms. The van der Waals surface area contributed by atoms with E-state index in [0.717, 1.165) is 12.1 Å². The molecule has 2 nitrogen and oxygen atoms in total. The van der Waals surface area contributed by atoms with Gasteiger partial charge in [0, 0.05) is 28.9 Å². The van der Waals surface area contributed by atoms with Crippen molar-refractivity contribution in [2.24, 2.45) is 0 Å². The van der Waals surface area contributed by atoms with E-state index in [4.69, 9.17) is 0 Å². The lowest BCUT2D eigenvalue weighted by molar-refractivity contribution is 0.0914. The fraction of sp³-hybridized carbons (Fsp3) is 0.412. The molecule has 1 heterocycles. The molecule has 0 saturated carbocycles. The monoisotopic (exact) mass is 289 g/mol. The average molecular weight is 289 g/mol. The molecule has 0 aliphatic carbocycles. The molecule has 2 rings (SSSR count). The Hall–Kier alpha value is -1.16. The molecular formula is C17H23NOS. The fourth-order valence-corrected chi connectivity index (χ4v) is 3.15. The van der Waals surface area contributed by atoms with Crippen LogP contribution in [0.1, 0.15) is 35.3 Å². The summed E-state index contributed by atoms with van der Waals surface area (Å²) < 4.78 is 0. The molecule has 0 fully saturated rings. The molecule has 0 unspecified atom stereocenters. The Labute approximate surface area is 125 Å². The first-order valence-electron chi connectivity index (χ1n) is 7.08. The number of nitrogens with zero attached hydrogens (tertiary/aromatic N) is 1. The maximum atomic E-state index is 10.4. The van der Waals surface area contributed by atoms with Crippen molar-refractivity contribution < 1.29 is 5.11 Å². The van der Waals surface area contributed by atoms with E-state index in [1.54, 1.807) is 0 Å². The van der Waals surface area contributed by atoms with Gasteiger partial charge in [-0.25, -0.2) is 0 Å². The van der Waals surface area contributed by atoms with Crippen LogP contribution in [0.15, 0.2) is 42.5 Å². The quantitative estimate of drug-likeness (QED) is 0.869. The molecule has 1 aromatic heterocycles. The normalized spacial score (nSPS) is 13.1. The molecule has 1 N–H and O–H groups in total. The van der Waals surface area contributed by atoms with Crippen molar-refractivity contribution in [1.82, 2.24) is 4.90 Å². The maximum Gasteiger partial charge on any atom is 0.0917 e. The fourth-order valence-electron chi connectivity index (χ4n) is 2.23. The molecule has 2 aromatic rings. The maximum absolute atomic E-state index is 10.4. The summed E-state index contributed by atoms with van der Waals surface area (Å²) in [7, 11) is 0. The lowest BCUT2D eigenvalue weighted by Crippen LogP contribution is -2.34. The second-order valence-corrected chi connectivity index (χ2v) is 6.83. The highest BCUT2D eigenvalue weighted by molar-refractivity contribution is 7.11. The number of hydrogen-bond donors (Lipinski definition) is 1. The average Bonchev–Trinajstić information content (AvgIpc) is 2.84. The molecule has 0 spiro atoms. The van der Waals surface area contributed by atoms with E-state index >= 15 is 0 Å². The van der Waals surface area contributed by atoms with Crippen LogP contribution in [-0.4, -0.2) is 22.6 Å². The van der Waals surface area contributed by atoms with Crippen LogP contribution in [0.3, 0.4) is 0 Å². The highest BCUT2D eigenvalue weighted by Gasteiger charge is 2.17. The van der Waals surface area contributed by atoms with Crippen LogP contribution < -0.4 is 0 Å². The zero-order valence-electron chi connectivity index (χ0n) is 12.4. The van der Waals surface area contributed by atoms with Gasteiger partial charge in [-0.05, 0) is 38.5 Å². The molecular weight excluding hydrogens is 266 g/mol. The molecule has 20 heavy (non-hydrogen) atoms. The van der Waals surface area contributed by atoms with Gasteiger partial charge in [-0.15, -0.1) is 11.3 Å². The first-order chi connectivity index (χ1) is 9.56. The summed E-state index contributed by atoms with van der Waals surface area (Å²) in [6, 6.07) is 14.6. The van der Waals surface area contributed by atoms with E-state index < -0.39 is 6.10 Å². The van der Waals surface area contributed by atoms with Crippen molar-refractivity contribution >= 4 is 11.3 Å². The van der Waals surface area contributed by atoms with Crippen molar-refractivity contribution in [2.75, 3.05) is 6.54 Å². The molecule has 0 amide bonds. The number of aryl methyl sites for hydroxylation is 1. The van der Waals surface area contributed by atoms with E-state index in [1.807, 2.05) is 41.7 Å². The minimum Gasteiger partial charge on any atom is -0.387 e. The first kappa shape index (κ1) is 15.2. The minimum atomic E-state index is -0.431. The van der Waals surface area contributed by atoms with E-state index in [-0.39, 0.29) is 0 Å². The van der Waals surface area contributed by atoms with Crippen LogP contribution in [0.2, 0.25) is 0 Å². The lowest BCUT2D eigenvalue weighted by Gasteiger charge is -2.28. The van der Waals surface area contributed by atoms with Gasteiger partial charge in [0.2, 0.25) is 0 Å². The molecule has 1 atom stereocenters. The Kier molecular flexibility index (Phi) is 5.35. The number of thiophene rings is 1. The molecule has 0 aliphatic rings. The standard InChI is InChI=1S/C17H23NOS/c1-13(2)18(11-16-10-9-14(3)20-16)12-17(19)15-7-5-4-6-8-15/h4-10,13,17,19H,11-12H2,1-3H3/t17-/m1/s1. The van der Waals surface area contributed by atoms with Crippen molar-refractivity contribution in [1.29, 1.82) is 0 Å². The van der Waals surface area contributed by atoms with Crippen LogP contribution >= 0.6 is 11.3 Å². The zero-order valence-corrected chi connectivity index (χ0v) is 13.2.